The topological polar surface area (TPSA) is 80.3 Å². The van der Waals surface area contributed by atoms with E-state index in [0.717, 1.165) is 17.9 Å². The molecule has 7 heteroatoms. The summed E-state index contributed by atoms with van der Waals surface area (Å²) in [5, 5.41) is 8.60. The Kier molecular flexibility index (Phi) is 8.53. The van der Waals surface area contributed by atoms with Gasteiger partial charge in [0.1, 0.15) is 0 Å². The van der Waals surface area contributed by atoms with Gasteiger partial charge in [-0.15, -0.1) is 11.3 Å². The van der Waals surface area contributed by atoms with Crippen LogP contribution in [0, 0.1) is 12.8 Å². The monoisotopic (exact) mass is 491 g/mol. The molecular formula is C28H33N3O3S. The van der Waals surface area contributed by atoms with E-state index in [-0.39, 0.29) is 18.3 Å². The second-order valence-corrected chi connectivity index (χ2v) is 10.1. The second-order valence-electron chi connectivity index (χ2n) is 9.25. The van der Waals surface area contributed by atoms with E-state index >= 15 is 0 Å². The van der Waals surface area contributed by atoms with E-state index < -0.39 is 0 Å². The molecule has 6 nitrogen and oxygen atoms in total. The number of aryl methyl sites for hydroxylation is 2. The zero-order valence-electron chi connectivity index (χ0n) is 20.4. The number of methoxy groups -OCH3 is 1. The van der Waals surface area contributed by atoms with Crippen molar-refractivity contribution in [1.82, 2.24) is 4.98 Å². The summed E-state index contributed by atoms with van der Waals surface area (Å²) in [4.78, 5) is 28.3. The van der Waals surface area contributed by atoms with Crippen LogP contribution in [0.3, 0.4) is 0 Å². The maximum Gasteiger partial charge on any atom is 0.311 e. The molecule has 0 aliphatic heterocycles. The third kappa shape index (κ3) is 7.15. The summed E-state index contributed by atoms with van der Waals surface area (Å²) in [6.45, 7) is 2.85. The van der Waals surface area contributed by atoms with Crippen LogP contribution in [0.4, 0.5) is 10.8 Å². The molecule has 0 atom stereocenters. The first-order valence-corrected chi connectivity index (χ1v) is 13.1. The van der Waals surface area contributed by atoms with Gasteiger partial charge in [-0.3, -0.25) is 14.9 Å². The Morgan fingerprint density at radius 3 is 2.63 bits per heavy atom. The molecule has 1 aliphatic carbocycles. The predicted molar refractivity (Wildman–Crippen MR) is 141 cm³/mol. The molecule has 184 valence electrons. The van der Waals surface area contributed by atoms with E-state index in [2.05, 4.69) is 45.5 Å². The number of benzene rings is 2. The molecule has 0 spiro atoms. The smallest absolute Gasteiger partial charge is 0.311 e. The van der Waals surface area contributed by atoms with Crippen LogP contribution in [-0.2, 0) is 28.9 Å². The Morgan fingerprint density at radius 1 is 1.11 bits per heavy atom. The molecule has 35 heavy (non-hydrogen) atoms. The lowest BCUT2D eigenvalue weighted by Gasteiger charge is -2.15. The van der Waals surface area contributed by atoms with Gasteiger partial charge in [-0.05, 0) is 55.0 Å². The number of nitrogens with one attached hydrogen (secondary N) is 2. The lowest BCUT2D eigenvalue weighted by atomic mass is 9.96. The fraction of sp³-hybridized carbons (Fsp3) is 0.393. The number of ether oxygens (including phenoxy) is 1. The van der Waals surface area contributed by atoms with Crippen molar-refractivity contribution in [3.05, 3.63) is 75.8 Å². The summed E-state index contributed by atoms with van der Waals surface area (Å²) in [6, 6.07) is 14.2. The number of hydrogen-bond donors (Lipinski definition) is 2. The summed E-state index contributed by atoms with van der Waals surface area (Å²) < 4.78 is 4.65. The molecule has 1 amide bonds. The van der Waals surface area contributed by atoms with Gasteiger partial charge in [0.15, 0.2) is 5.13 Å². The van der Waals surface area contributed by atoms with E-state index in [9.17, 15) is 9.59 Å². The summed E-state index contributed by atoms with van der Waals surface area (Å²) in [5.74, 6) is 0.297. The molecule has 1 aliphatic rings. The second kappa shape index (κ2) is 12.0. The zero-order chi connectivity index (χ0) is 24.6. The highest BCUT2D eigenvalue weighted by molar-refractivity contribution is 7.14. The number of amides is 1. The van der Waals surface area contributed by atoms with E-state index in [1.54, 1.807) is 5.38 Å². The van der Waals surface area contributed by atoms with Crippen LogP contribution in [0.1, 0.15) is 64.8 Å². The Morgan fingerprint density at radius 2 is 1.89 bits per heavy atom. The first-order valence-electron chi connectivity index (χ1n) is 12.2. The molecule has 1 heterocycles. The third-order valence-electron chi connectivity index (χ3n) is 6.58. The van der Waals surface area contributed by atoms with Crippen molar-refractivity contribution in [3.8, 4) is 0 Å². The van der Waals surface area contributed by atoms with Crippen molar-refractivity contribution in [2.24, 2.45) is 5.92 Å². The molecule has 0 saturated heterocycles. The molecule has 0 unspecified atom stereocenters. The lowest BCUT2D eigenvalue weighted by molar-refractivity contribution is -0.139. The van der Waals surface area contributed by atoms with Crippen LogP contribution in [-0.4, -0.2) is 24.0 Å². The van der Waals surface area contributed by atoms with Gasteiger partial charge >= 0.3 is 5.97 Å². The van der Waals surface area contributed by atoms with Crippen LogP contribution in [0.15, 0.2) is 47.8 Å². The van der Waals surface area contributed by atoms with Gasteiger partial charge in [0, 0.05) is 23.2 Å². The van der Waals surface area contributed by atoms with E-state index in [1.165, 1.54) is 67.4 Å². The van der Waals surface area contributed by atoms with Gasteiger partial charge in [-0.2, -0.15) is 0 Å². The molecule has 2 N–H and O–H groups in total. The standard InChI is InChI=1S/C28H33N3O3S/c1-19-7-14-25(23(15-19)13-8-20-5-3-4-6-20)29-17-21-9-11-22(12-10-21)27(33)31-28-30-24(18-35-28)16-26(32)34-2/h7,9-12,14-15,18,20,29H,3-6,8,13,16-17H2,1-2H3,(H,30,31,33). The first-order chi connectivity index (χ1) is 17.0. The largest absolute Gasteiger partial charge is 0.469 e. The van der Waals surface area contributed by atoms with Crippen molar-refractivity contribution in [2.75, 3.05) is 17.7 Å². The van der Waals surface area contributed by atoms with Crippen molar-refractivity contribution < 1.29 is 14.3 Å². The average molecular weight is 492 g/mol. The van der Waals surface area contributed by atoms with Gasteiger partial charge in [0.05, 0.1) is 19.2 Å². The minimum Gasteiger partial charge on any atom is -0.469 e. The van der Waals surface area contributed by atoms with Crippen LogP contribution in [0.2, 0.25) is 0 Å². The van der Waals surface area contributed by atoms with Crippen molar-refractivity contribution >= 4 is 34.0 Å². The Bertz CT molecular complexity index is 1150. The highest BCUT2D eigenvalue weighted by Gasteiger charge is 2.16. The molecule has 0 bridgehead atoms. The fourth-order valence-electron chi connectivity index (χ4n) is 4.57. The summed E-state index contributed by atoms with van der Waals surface area (Å²) in [6.07, 6.45) is 8.01. The van der Waals surface area contributed by atoms with Crippen molar-refractivity contribution in [3.63, 3.8) is 0 Å². The number of esters is 1. The number of nitrogens with zero attached hydrogens (tertiary/aromatic N) is 1. The van der Waals surface area contributed by atoms with Crippen molar-refractivity contribution in [2.45, 2.75) is 58.4 Å². The number of aromatic nitrogens is 1. The van der Waals surface area contributed by atoms with Crippen molar-refractivity contribution in [1.29, 1.82) is 0 Å². The van der Waals surface area contributed by atoms with E-state index in [1.807, 2.05) is 24.3 Å². The van der Waals surface area contributed by atoms with Crippen LogP contribution < -0.4 is 10.6 Å². The molecule has 1 fully saturated rings. The van der Waals surface area contributed by atoms with Gasteiger partial charge in [0.2, 0.25) is 0 Å². The molecule has 0 radical (unpaired) electrons. The summed E-state index contributed by atoms with van der Waals surface area (Å²) in [7, 11) is 1.34. The number of anilines is 2. The molecular weight excluding hydrogens is 458 g/mol. The minimum atomic E-state index is -0.357. The minimum absolute atomic E-state index is 0.0911. The third-order valence-corrected chi connectivity index (χ3v) is 7.39. The number of hydrogen-bond acceptors (Lipinski definition) is 6. The molecule has 1 aromatic heterocycles. The number of rotatable bonds is 10. The Hall–Kier alpha value is -3.19. The van der Waals surface area contributed by atoms with Crippen LogP contribution in [0.5, 0.6) is 0 Å². The zero-order valence-corrected chi connectivity index (χ0v) is 21.2. The SMILES string of the molecule is COC(=O)Cc1csc(NC(=O)c2ccc(CNc3ccc(C)cc3CCC3CCCC3)cc2)n1. The van der Waals surface area contributed by atoms with Gasteiger partial charge in [-0.25, -0.2) is 4.98 Å². The van der Waals surface area contributed by atoms with Gasteiger partial charge < -0.3 is 10.1 Å². The predicted octanol–water partition coefficient (Wildman–Crippen LogP) is 6.15. The van der Waals surface area contributed by atoms with Gasteiger partial charge in [-0.1, -0.05) is 55.5 Å². The van der Waals surface area contributed by atoms with Crippen LogP contribution in [0.25, 0.3) is 0 Å². The molecule has 2 aromatic carbocycles. The fourth-order valence-corrected chi connectivity index (χ4v) is 5.27. The maximum absolute atomic E-state index is 12.6. The Labute approximate surface area is 211 Å². The first kappa shape index (κ1) is 24.9. The molecule has 1 saturated carbocycles. The van der Waals surface area contributed by atoms with E-state index in [0.29, 0.717) is 22.9 Å². The maximum atomic E-state index is 12.6. The summed E-state index contributed by atoms with van der Waals surface area (Å²) >= 11 is 1.29. The number of thiazole rings is 1. The molecule has 3 aromatic rings. The molecule has 4 rings (SSSR count). The number of carbonyl (C=O) groups is 2. The number of carbonyl (C=O) groups excluding carboxylic acids is 2. The van der Waals surface area contributed by atoms with E-state index in [4.69, 9.17) is 0 Å². The highest BCUT2D eigenvalue weighted by atomic mass is 32.1. The summed E-state index contributed by atoms with van der Waals surface area (Å²) in [5.41, 5.74) is 6.14. The lowest BCUT2D eigenvalue weighted by Crippen LogP contribution is -2.12. The Balaban J connectivity index is 1.31. The van der Waals surface area contributed by atoms with Crippen LogP contribution >= 0.6 is 11.3 Å². The average Bonchev–Trinajstić information content (AvgIpc) is 3.54. The normalized spacial score (nSPS) is 13.5. The quantitative estimate of drug-likeness (QED) is 0.332. The highest BCUT2D eigenvalue weighted by Crippen LogP contribution is 2.30. The van der Waals surface area contributed by atoms with Gasteiger partial charge in [0.25, 0.3) is 5.91 Å².